The molecule has 1 saturated heterocycles. The van der Waals surface area contributed by atoms with E-state index in [1.807, 2.05) is 0 Å². The predicted octanol–water partition coefficient (Wildman–Crippen LogP) is 5.35. The van der Waals surface area contributed by atoms with Crippen LogP contribution in [-0.4, -0.2) is 42.9 Å². The van der Waals surface area contributed by atoms with Crippen LogP contribution >= 0.6 is 11.3 Å². The first-order valence-electron chi connectivity index (χ1n) is 12.0. The van der Waals surface area contributed by atoms with E-state index >= 15 is 0 Å². The zero-order chi connectivity index (χ0) is 22.1. The number of thiazole rings is 1. The molecule has 1 aliphatic carbocycles. The van der Waals surface area contributed by atoms with Gasteiger partial charge in [0.15, 0.2) is 5.13 Å². The number of nitrogens with zero attached hydrogens (tertiary/aromatic N) is 2. The van der Waals surface area contributed by atoms with Gasteiger partial charge in [0.05, 0.1) is 5.69 Å². The lowest BCUT2D eigenvalue weighted by Crippen LogP contribution is -2.37. The molecule has 1 aromatic carbocycles. The van der Waals surface area contributed by atoms with Gasteiger partial charge in [-0.3, -0.25) is 0 Å². The van der Waals surface area contributed by atoms with Crippen molar-refractivity contribution in [3.8, 4) is 11.3 Å². The van der Waals surface area contributed by atoms with Gasteiger partial charge < -0.3 is 15.3 Å². The van der Waals surface area contributed by atoms with E-state index < -0.39 is 0 Å². The number of aromatic nitrogens is 1. The molecule has 0 atom stereocenters. The Kier molecular flexibility index (Phi) is 6.76. The number of benzene rings is 1. The van der Waals surface area contributed by atoms with Gasteiger partial charge in [0, 0.05) is 30.6 Å². The smallest absolute Gasteiger partial charge is 0.185 e. The second-order valence-corrected chi connectivity index (χ2v) is 11.6. The summed E-state index contributed by atoms with van der Waals surface area (Å²) in [6.07, 6.45) is 5.76. The second kappa shape index (κ2) is 9.21. The van der Waals surface area contributed by atoms with Crippen LogP contribution in [0.2, 0.25) is 0 Å². The number of fused-ring (bicyclic) bond motifs is 1. The number of rotatable bonds is 7. The fourth-order valence-electron chi connectivity index (χ4n) is 5.13. The molecule has 31 heavy (non-hydrogen) atoms. The van der Waals surface area contributed by atoms with Crippen molar-refractivity contribution < 1.29 is 5.11 Å². The summed E-state index contributed by atoms with van der Waals surface area (Å²) < 4.78 is 0. The summed E-state index contributed by atoms with van der Waals surface area (Å²) in [7, 11) is 0. The summed E-state index contributed by atoms with van der Waals surface area (Å²) >= 11 is 1.79. The van der Waals surface area contributed by atoms with Crippen LogP contribution in [0.3, 0.4) is 0 Å². The van der Waals surface area contributed by atoms with Crippen molar-refractivity contribution in [2.24, 2.45) is 5.92 Å². The Morgan fingerprint density at radius 3 is 2.52 bits per heavy atom. The number of hydrogen-bond acceptors (Lipinski definition) is 5. The van der Waals surface area contributed by atoms with Crippen LogP contribution in [0.15, 0.2) is 23.6 Å². The molecule has 0 amide bonds. The van der Waals surface area contributed by atoms with Gasteiger partial charge in [0.1, 0.15) is 0 Å². The van der Waals surface area contributed by atoms with Crippen LogP contribution in [0, 0.1) is 5.92 Å². The van der Waals surface area contributed by atoms with Crippen molar-refractivity contribution in [1.29, 1.82) is 0 Å². The Morgan fingerprint density at radius 2 is 1.81 bits per heavy atom. The molecule has 170 valence electrons. The van der Waals surface area contributed by atoms with Crippen molar-refractivity contribution in [2.45, 2.75) is 70.6 Å². The third kappa shape index (κ3) is 4.99. The molecule has 0 unspecified atom stereocenters. The minimum Gasteiger partial charge on any atom is -0.396 e. The van der Waals surface area contributed by atoms with Crippen LogP contribution in [0.4, 0.5) is 5.13 Å². The topological polar surface area (TPSA) is 48.4 Å². The van der Waals surface area contributed by atoms with E-state index in [4.69, 9.17) is 10.1 Å². The maximum absolute atomic E-state index is 8.90. The summed E-state index contributed by atoms with van der Waals surface area (Å²) in [5, 5.41) is 15.8. The third-order valence-electron chi connectivity index (χ3n) is 7.47. The SMILES string of the molecule is CC1(C)CCC(C)(C)c2cc(-c3csc(N4CCC(CNCCCO)CC4)n3)ccc21. The van der Waals surface area contributed by atoms with Crippen molar-refractivity contribution in [3.63, 3.8) is 0 Å². The molecule has 1 fully saturated rings. The standard InChI is InChI=1S/C26H39N3OS/c1-25(2)10-11-26(3,4)22-16-20(6-7-21(22)25)23-18-31-24(28-23)29-13-8-19(9-14-29)17-27-12-5-15-30/h6-7,16,18-19,27,30H,5,8-15,17H2,1-4H3. The summed E-state index contributed by atoms with van der Waals surface area (Å²) in [6.45, 7) is 14.0. The zero-order valence-electron chi connectivity index (χ0n) is 19.7. The van der Waals surface area contributed by atoms with E-state index in [2.05, 4.69) is 61.5 Å². The average Bonchev–Trinajstić information content (AvgIpc) is 3.25. The highest BCUT2D eigenvalue weighted by Gasteiger charge is 2.37. The maximum Gasteiger partial charge on any atom is 0.185 e. The van der Waals surface area contributed by atoms with Gasteiger partial charge >= 0.3 is 0 Å². The van der Waals surface area contributed by atoms with Crippen LogP contribution < -0.4 is 10.2 Å². The van der Waals surface area contributed by atoms with Crippen molar-refractivity contribution in [2.75, 3.05) is 37.7 Å². The lowest BCUT2D eigenvalue weighted by molar-refractivity contribution is 0.282. The lowest BCUT2D eigenvalue weighted by Gasteiger charge is -2.42. The summed E-state index contributed by atoms with van der Waals surface area (Å²) in [4.78, 5) is 7.51. The van der Waals surface area contributed by atoms with E-state index in [0.717, 1.165) is 44.2 Å². The monoisotopic (exact) mass is 441 g/mol. The zero-order valence-corrected chi connectivity index (χ0v) is 20.5. The van der Waals surface area contributed by atoms with E-state index in [0.29, 0.717) is 0 Å². The number of aliphatic hydroxyl groups is 1. The normalized spacial score (nSPS) is 20.6. The summed E-state index contributed by atoms with van der Waals surface area (Å²) in [6, 6.07) is 7.06. The number of anilines is 1. The molecule has 0 saturated carbocycles. The van der Waals surface area contributed by atoms with Gasteiger partial charge in [0.25, 0.3) is 0 Å². The van der Waals surface area contributed by atoms with Gasteiger partial charge in [-0.05, 0) is 79.1 Å². The van der Waals surface area contributed by atoms with Gasteiger partial charge in [0.2, 0.25) is 0 Å². The Hall–Kier alpha value is -1.43. The number of hydrogen-bond donors (Lipinski definition) is 2. The number of aliphatic hydroxyl groups excluding tert-OH is 1. The lowest BCUT2D eigenvalue weighted by atomic mass is 9.63. The van der Waals surface area contributed by atoms with Crippen molar-refractivity contribution in [1.82, 2.24) is 10.3 Å². The molecule has 0 spiro atoms. The van der Waals surface area contributed by atoms with Crippen molar-refractivity contribution >= 4 is 16.5 Å². The van der Waals surface area contributed by atoms with Crippen LogP contribution in [0.1, 0.15) is 70.9 Å². The first-order chi connectivity index (χ1) is 14.8. The van der Waals surface area contributed by atoms with Crippen LogP contribution in [0.5, 0.6) is 0 Å². The molecule has 4 nitrogen and oxygen atoms in total. The van der Waals surface area contributed by atoms with Gasteiger partial charge in [-0.25, -0.2) is 4.98 Å². The first kappa shape index (κ1) is 22.8. The Labute approximate surface area is 192 Å². The molecule has 0 bridgehead atoms. The molecule has 1 aromatic heterocycles. The van der Waals surface area contributed by atoms with Gasteiger partial charge in [-0.2, -0.15) is 0 Å². The molecule has 2 heterocycles. The molecular weight excluding hydrogens is 402 g/mol. The summed E-state index contributed by atoms with van der Waals surface area (Å²) in [5.74, 6) is 0.737. The fraction of sp³-hybridized carbons (Fsp3) is 0.654. The van der Waals surface area contributed by atoms with Gasteiger partial charge in [-0.15, -0.1) is 11.3 Å². The van der Waals surface area contributed by atoms with E-state index in [-0.39, 0.29) is 17.4 Å². The van der Waals surface area contributed by atoms with Crippen molar-refractivity contribution in [3.05, 3.63) is 34.7 Å². The average molecular weight is 442 g/mol. The predicted molar refractivity (Wildman–Crippen MR) is 132 cm³/mol. The summed E-state index contributed by atoms with van der Waals surface area (Å²) in [5.41, 5.74) is 5.88. The highest BCUT2D eigenvalue weighted by atomic mass is 32.1. The van der Waals surface area contributed by atoms with Crippen LogP contribution in [-0.2, 0) is 10.8 Å². The molecule has 4 rings (SSSR count). The highest BCUT2D eigenvalue weighted by Crippen LogP contribution is 2.47. The third-order valence-corrected chi connectivity index (χ3v) is 8.37. The molecule has 5 heteroatoms. The van der Waals surface area contributed by atoms with Crippen LogP contribution in [0.25, 0.3) is 11.3 Å². The Morgan fingerprint density at radius 1 is 1.10 bits per heavy atom. The van der Waals surface area contributed by atoms with E-state index in [9.17, 15) is 0 Å². The minimum absolute atomic E-state index is 0.229. The largest absolute Gasteiger partial charge is 0.396 e. The maximum atomic E-state index is 8.90. The molecular formula is C26H39N3OS. The Balaban J connectivity index is 1.43. The van der Waals surface area contributed by atoms with Gasteiger partial charge in [-0.1, -0.05) is 39.8 Å². The number of piperidine rings is 1. The number of nitrogens with one attached hydrogen (secondary N) is 1. The first-order valence-corrected chi connectivity index (χ1v) is 12.9. The highest BCUT2D eigenvalue weighted by molar-refractivity contribution is 7.14. The van der Waals surface area contributed by atoms with E-state index in [1.54, 1.807) is 11.3 Å². The fourth-order valence-corrected chi connectivity index (χ4v) is 6.02. The molecule has 1 aliphatic heterocycles. The Bertz CT molecular complexity index is 881. The quantitative estimate of drug-likeness (QED) is 0.569. The molecule has 2 aliphatic rings. The minimum atomic E-state index is 0.229. The second-order valence-electron chi connectivity index (χ2n) is 10.8. The molecule has 0 radical (unpaired) electrons. The molecule has 2 N–H and O–H groups in total. The molecule has 2 aromatic rings. The van der Waals surface area contributed by atoms with E-state index in [1.165, 1.54) is 47.5 Å².